The number of nitrogens with one attached hydrogen (secondary N) is 1. The van der Waals surface area contributed by atoms with Crippen molar-refractivity contribution in [1.82, 2.24) is 5.32 Å². The predicted molar refractivity (Wildman–Crippen MR) is 69.6 cm³/mol. The van der Waals surface area contributed by atoms with Crippen LogP contribution in [0.5, 0.6) is 0 Å². The average Bonchev–Trinajstić information content (AvgIpc) is 2.28. The summed E-state index contributed by atoms with van der Waals surface area (Å²) < 4.78 is 0. The maximum absolute atomic E-state index is 5.83. The highest BCUT2D eigenvalue weighted by Crippen LogP contribution is 2.23. The van der Waals surface area contributed by atoms with Crippen molar-refractivity contribution in [3.63, 3.8) is 0 Å². The first-order valence-electron chi connectivity index (χ1n) is 6.32. The van der Waals surface area contributed by atoms with Crippen LogP contribution in [-0.4, -0.2) is 12.1 Å². The molecule has 0 saturated carbocycles. The normalized spacial score (nSPS) is 21.5. The molecule has 0 aliphatic heterocycles. The Morgan fingerprint density at radius 1 is 1.44 bits per heavy atom. The van der Waals surface area contributed by atoms with E-state index in [4.69, 9.17) is 5.73 Å². The molecule has 0 spiro atoms. The van der Waals surface area contributed by atoms with Gasteiger partial charge in [0.05, 0.1) is 0 Å². The van der Waals surface area contributed by atoms with Gasteiger partial charge in [-0.15, -0.1) is 0 Å². The number of fused-ring (bicyclic) bond motifs is 1. The molecule has 88 valence electrons. The van der Waals surface area contributed by atoms with Crippen molar-refractivity contribution in [2.24, 2.45) is 0 Å². The Balaban J connectivity index is 2.05. The van der Waals surface area contributed by atoms with Crippen LogP contribution in [0.25, 0.3) is 0 Å². The van der Waals surface area contributed by atoms with Crippen molar-refractivity contribution in [1.29, 1.82) is 0 Å². The monoisotopic (exact) mass is 218 g/mol. The fourth-order valence-corrected chi connectivity index (χ4v) is 2.44. The van der Waals surface area contributed by atoms with Crippen LogP contribution < -0.4 is 11.1 Å². The molecule has 1 aromatic carbocycles. The van der Waals surface area contributed by atoms with Crippen LogP contribution in [-0.2, 0) is 12.8 Å². The van der Waals surface area contributed by atoms with Gasteiger partial charge in [0.1, 0.15) is 0 Å². The van der Waals surface area contributed by atoms with Crippen molar-refractivity contribution in [2.45, 2.75) is 51.6 Å². The highest BCUT2D eigenvalue weighted by Gasteiger charge is 2.19. The summed E-state index contributed by atoms with van der Waals surface area (Å²) in [5.74, 6) is 0. The zero-order chi connectivity index (χ0) is 11.5. The molecule has 0 amide bonds. The first-order valence-corrected chi connectivity index (χ1v) is 6.32. The third-order valence-electron chi connectivity index (χ3n) is 3.59. The first-order chi connectivity index (χ1) is 7.69. The molecule has 0 aromatic heterocycles. The van der Waals surface area contributed by atoms with Gasteiger partial charge in [0.15, 0.2) is 0 Å². The van der Waals surface area contributed by atoms with Crippen molar-refractivity contribution in [3.8, 4) is 0 Å². The van der Waals surface area contributed by atoms with Crippen LogP contribution in [0, 0.1) is 0 Å². The summed E-state index contributed by atoms with van der Waals surface area (Å²) in [6.45, 7) is 4.49. The quantitative estimate of drug-likeness (QED) is 0.765. The predicted octanol–water partition coefficient (Wildman–Crippen LogP) is 2.51. The largest absolute Gasteiger partial charge is 0.399 e. The molecule has 2 nitrogen and oxygen atoms in total. The Morgan fingerprint density at radius 3 is 3.00 bits per heavy atom. The fourth-order valence-electron chi connectivity index (χ4n) is 2.44. The van der Waals surface area contributed by atoms with Gasteiger partial charge >= 0.3 is 0 Å². The highest BCUT2D eigenvalue weighted by molar-refractivity contribution is 5.46. The number of nitrogens with two attached hydrogens (primary N) is 1. The van der Waals surface area contributed by atoms with Crippen molar-refractivity contribution < 1.29 is 0 Å². The molecule has 1 aliphatic rings. The summed E-state index contributed by atoms with van der Waals surface area (Å²) in [5.41, 5.74) is 9.65. The van der Waals surface area contributed by atoms with Crippen LogP contribution in [0.3, 0.4) is 0 Å². The molecule has 3 N–H and O–H groups in total. The number of nitrogen functional groups attached to an aromatic ring is 1. The van der Waals surface area contributed by atoms with Crippen molar-refractivity contribution >= 4 is 5.69 Å². The number of aryl methyl sites for hydroxylation is 1. The van der Waals surface area contributed by atoms with Gasteiger partial charge < -0.3 is 11.1 Å². The lowest BCUT2D eigenvalue weighted by Gasteiger charge is -2.28. The molecule has 2 rings (SSSR count). The summed E-state index contributed by atoms with van der Waals surface area (Å²) in [6, 6.07) is 7.59. The summed E-state index contributed by atoms with van der Waals surface area (Å²) in [4.78, 5) is 0. The second kappa shape index (κ2) is 4.88. The van der Waals surface area contributed by atoms with E-state index >= 15 is 0 Å². The van der Waals surface area contributed by atoms with Gasteiger partial charge in [-0.1, -0.05) is 13.0 Å². The maximum atomic E-state index is 5.83. The van der Waals surface area contributed by atoms with E-state index in [1.54, 1.807) is 0 Å². The molecule has 0 heterocycles. The molecule has 1 aromatic rings. The SMILES string of the molecule is CCC(C)NC1CCc2ccc(N)cc2C1. The second-order valence-corrected chi connectivity index (χ2v) is 4.94. The van der Waals surface area contributed by atoms with E-state index in [9.17, 15) is 0 Å². The maximum Gasteiger partial charge on any atom is 0.0316 e. The molecular formula is C14H22N2. The summed E-state index contributed by atoms with van der Waals surface area (Å²) in [5, 5.41) is 3.69. The van der Waals surface area contributed by atoms with E-state index in [1.807, 2.05) is 6.07 Å². The Labute approximate surface area is 98.2 Å². The second-order valence-electron chi connectivity index (χ2n) is 4.94. The molecular weight excluding hydrogens is 196 g/mol. The molecule has 2 atom stereocenters. The van der Waals surface area contributed by atoms with E-state index in [2.05, 4.69) is 31.3 Å². The van der Waals surface area contributed by atoms with Gasteiger partial charge in [-0.3, -0.25) is 0 Å². The van der Waals surface area contributed by atoms with E-state index in [-0.39, 0.29) is 0 Å². The number of hydrogen-bond acceptors (Lipinski definition) is 2. The molecule has 0 saturated heterocycles. The molecule has 0 fully saturated rings. The Kier molecular flexibility index (Phi) is 3.49. The van der Waals surface area contributed by atoms with E-state index < -0.39 is 0 Å². The average molecular weight is 218 g/mol. The minimum absolute atomic E-state index is 0.618. The van der Waals surface area contributed by atoms with Crippen LogP contribution >= 0.6 is 0 Å². The molecule has 2 unspecified atom stereocenters. The Morgan fingerprint density at radius 2 is 2.25 bits per heavy atom. The highest BCUT2D eigenvalue weighted by atomic mass is 14.9. The van der Waals surface area contributed by atoms with Crippen LogP contribution in [0.4, 0.5) is 5.69 Å². The molecule has 1 aliphatic carbocycles. The minimum atomic E-state index is 0.618. The van der Waals surface area contributed by atoms with Gasteiger partial charge in [-0.25, -0.2) is 0 Å². The van der Waals surface area contributed by atoms with Crippen molar-refractivity contribution in [3.05, 3.63) is 29.3 Å². The molecule has 16 heavy (non-hydrogen) atoms. The third kappa shape index (κ3) is 2.56. The smallest absolute Gasteiger partial charge is 0.0316 e. The molecule has 0 bridgehead atoms. The zero-order valence-electron chi connectivity index (χ0n) is 10.3. The van der Waals surface area contributed by atoms with E-state index in [0.29, 0.717) is 12.1 Å². The van der Waals surface area contributed by atoms with Gasteiger partial charge in [0.25, 0.3) is 0 Å². The molecule has 2 heteroatoms. The lowest BCUT2D eigenvalue weighted by atomic mass is 9.87. The van der Waals surface area contributed by atoms with E-state index in [1.165, 1.54) is 30.4 Å². The lowest BCUT2D eigenvalue weighted by molar-refractivity contribution is 0.401. The van der Waals surface area contributed by atoms with Gasteiger partial charge in [-0.05, 0) is 55.9 Å². The van der Waals surface area contributed by atoms with Crippen LogP contribution in [0.15, 0.2) is 18.2 Å². The number of anilines is 1. The van der Waals surface area contributed by atoms with Crippen molar-refractivity contribution in [2.75, 3.05) is 5.73 Å². The summed E-state index contributed by atoms with van der Waals surface area (Å²) in [7, 11) is 0. The fraction of sp³-hybridized carbons (Fsp3) is 0.571. The standard InChI is InChI=1S/C14H22N2/c1-3-10(2)16-14-7-5-11-4-6-13(15)8-12(11)9-14/h4,6,8,10,14,16H,3,5,7,9,15H2,1-2H3. The first kappa shape index (κ1) is 11.5. The molecule has 0 radical (unpaired) electrons. The summed E-state index contributed by atoms with van der Waals surface area (Å²) in [6.07, 6.45) is 4.76. The zero-order valence-corrected chi connectivity index (χ0v) is 10.3. The number of benzene rings is 1. The van der Waals surface area contributed by atoms with Crippen LogP contribution in [0.2, 0.25) is 0 Å². The van der Waals surface area contributed by atoms with Gasteiger partial charge in [-0.2, -0.15) is 0 Å². The number of rotatable bonds is 3. The lowest BCUT2D eigenvalue weighted by Crippen LogP contribution is -2.39. The van der Waals surface area contributed by atoms with E-state index in [0.717, 1.165) is 12.1 Å². The number of hydrogen-bond donors (Lipinski definition) is 2. The Bertz CT molecular complexity index is 360. The van der Waals surface area contributed by atoms with Crippen LogP contribution in [0.1, 0.15) is 37.8 Å². The summed E-state index contributed by atoms with van der Waals surface area (Å²) >= 11 is 0. The van der Waals surface area contributed by atoms with Gasteiger partial charge in [0.2, 0.25) is 0 Å². The minimum Gasteiger partial charge on any atom is -0.399 e. The topological polar surface area (TPSA) is 38.0 Å². The Hall–Kier alpha value is -1.02. The third-order valence-corrected chi connectivity index (χ3v) is 3.59. The van der Waals surface area contributed by atoms with Gasteiger partial charge in [0, 0.05) is 17.8 Å².